The largest absolute Gasteiger partial charge is 0.352 e. The maximum atomic E-state index is 13.8. The number of H-pyrrole nitrogens is 1. The second kappa shape index (κ2) is 8.88. The van der Waals surface area contributed by atoms with Crippen molar-refractivity contribution >= 4 is 17.5 Å². The van der Waals surface area contributed by atoms with E-state index in [1.807, 2.05) is 36.4 Å². The van der Waals surface area contributed by atoms with Crippen molar-refractivity contribution in [2.45, 2.75) is 6.42 Å². The molecule has 0 saturated heterocycles. The number of amides is 1. The minimum atomic E-state index is -0.508. The van der Waals surface area contributed by atoms with Crippen LogP contribution in [0.25, 0.3) is 22.5 Å². The zero-order valence-corrected chi connectivity index (χ0v) is 16.7. The molecule has 2 aromatic carbocycles. The molecule has 150 valence electrons. The van der Waals surface area contributed by atoms with Crippen molar-refractivity contribution in [1.29, 1.82) is 0 Å². The van der Waals surface area contributed by atoms with Crippen LogP contribution in [0.1, 0.15) is 16.1 Å². The molecular formula is C23H18ClFN4O. The Kier molecular flexibility index (Phi) is 5.86. The normalized spacial score (nSPS) is 10.7. The van der Waals surface area contributed by atoms with Crippen molar-refractivity contribution in [3.63, 3.8) is 0 Å². The molecule has 0 aliphatic heterocycles. The Bertz CT molecular complexity index is 1180. The number of nitrogens with zero attached hydrogens (tertiary/aromatic N) is 2. The highest BCUT2D eigenvalue weighted by Crippen LogP contribution is 2.28. The molecule has 0 bridgehead atoms. The van der Waals surface area contributed by atoms with Crippen LogP contribution in [0.4, 0.5) is 4.39 Å². The molecule has 0 spiro atoms. The van der Waals surface area contributed by atoms with Gasteiger partial charge in [0.25, 0.3) is 5.91 Å². The predicted molar refractivity (Wildman–Crippen MR) is 115 cm³/mol. The third-order valence-electron chi connectivity index (χ3n) is 4.65. The summed E-state index contributed by atoms with van der Waals surface area (Å²) in [5.41, 5.74) is 3.97. The number of hydrogen-bond donors (Lipinski definition) is 2. The summed E-state index contributed by atoms with van der Waals surface area (Å²) < 4.78 is 13.8. The summed E-state index contributed by atoms with van der Waals surface area (Å²) in [6.45, 7) is 0.475. The molecule has 4 aromatic rings. The quantitative estimate of drug-likeness (QED) is 0.466. The van der Waals surface area contributed by atoms with Gasteiger partial charge in [-0.25, -0.2) is 4.39 Å². The Labute approximate surface area is 177 Å². The molecule has 1 amide bonds. The van der Waals surface area contributed by atoms with Crippen LogP contribution in [0.3, 0.4) is 0 Å². The van der Waals surface area contributed by atoms with Crippen LogP contribution in [0.5, 0.6) is 0 Å². The van der Waals surface area contributed by atoms with Gasteiger partial charge in [0, 0.05) is 41.5 Å². The van der Waals surface area contributed by atoms with E-state index in [2.05, 4.69) is 20.5 Å². The molecule has 0 radical (unpaired) electrons. The van der Waals surface area contributed by atoms with Gasteiger partial charge in [0.15, 0.2) is 0 Å². The fourth-order valence-corrected chi connectivity index (χ4v) is 3.24. The van der Waals surface area contributed by atoms with Crippen LogP contribution < -0.4 is 5.32 Å². The lowest BCUT2D eigenvalue weighted by molar-refractivity contribution is 0.0954. The van der Waals surface area contributed by atoms with Gasteiger partial charge in [0.1, 0.15) is 5.82 Å². The zero-order valence-electron chi connectivity index (χ0n) is 15.9. The standard InChI is InChI=1S/C23H18ClFN4O/c24-19-9-8-15(13-20(19)25)21-14-22(29-28-21)17-6-1-2-7-18(17)23(30)27-12-10-16-5-3-4-11-26-16/h1-9,11,13-14H,10,12H2,(H,27,30)(H,28,29). The average molecular weight is 421 g/mol. The van der Waals surface area contributed by atoms with Crippen molar-refractivity contribution in [1.82, 2.24) is 20.5 Å². The number of benzene rings is 2. The van der Waals surface area contributed by atoms with Gasteiger partial charge in [0.05, 0.1) is 16.4 Å². The van der Waals surface area contributed by atoms with Crippen LogP contribution in [-0.2, 0) is 6.42 Å². The zero-order chi connectivity index (χ0) is 20.9. The number of rotatable bonds is 6. The van der Waals surface area contributed by atoms with Crippen LogP contribution in [0.2, 0.25) is 5.02 Å². The first-order valence-electron chi connectivity index (χ1n) is 9.40. The Balaban J connectivity index is 1.52. The SMILES string of the molecule is O=C(NCCc1ccccn1)c1ccccc1-c1cc(-c2ccc(Cl)c(F)c2)n[nH]1. The number of carbonyl (C=O) groups is 1. The monoisotopic (exact) mass is 420 g/mol. The fraction of sp³-hybridized carbons (Fsp3) is 0.0870. The van der Waals surface area contributed by atoms with Gasteiger partial charge in [-0.15, -0.1) is 0 Å². The van der Waals surface area contributed by atoms with Crippen LogP contribution in [0, 0.1) is 5.82 Å². The van der Waals surface area contributed by atoms with Gasteiger partial charge < -0.3 is 5.32 Å². The second-order valence-corrected chi connectivity index (χ2v) is 7.08. The molecule has 2 aromatic heterocycles. The van der Waals surface area contributed by atoms with E-state index in [1.54, 1.807) is 24.4 Å². The number of halogens is 2. The van der Waals surface area contributed by atoms with Crippen LogP contribution in [0.15, 0.2) is 72.9 Å². The van der Waals surface area contributed by atoms with E-state index in [9.17, 15) is 9.18 Å². The van der Waals surface area contributed by atoms with E-state index in [-0.39, 0.29) is 10.9 Å². The Hall–Kier alpha value is -3.51. The van der Waals surface area contributed by atoms with Gasteiger partial charge in [-0.3, -0.25) is 14.9 Å². The number of nitrogens with one attached hydrogen (secondary N) is 2. The first-order valence-corrected chi connectivity index (χ1v) is 9.78. The fourth-order valence-electron chi connectivity index (χ4n) is 3.12. The van der Waals surface area contributed by atoms with Crippen molar-refractivity contribution in [3.8, 4) is 22.5 Å². The molecule has 4 rings (SSSR count). The minimum absolute atomic E-state index is 0.0576. The second-order valence-electron chi connectivity index (χ2n) is 6.67. The number of pyridine rings is 1. The van der Waals surface area contributed by atoms with E-state index < -0.39 is 5.82 Å². The first-order chi connectivity index (χ1) is 14.6. The Morgan fingerprint density at radius 3 is 2.70 bits per heavy atom. The number of hydrogen-bond acceptors (Lipinski definition) is 3. The highest BCUT2D eigenvalue weighted by Gasteiger charge is 2.15. The molecule has 0 unspecified atom stereocenters. The molecule has 5 nitrogen and oxygen atoms in total. The summed E-state index contributed by atoms with van der Waals surface area (Å²) in [5.74, 6) is -0.693. The topological polar surface area (TPSA) is 70.7 Å². The maximum Gasteiger partial charge on any atom is 0.251 e. The third kappa shape index (κ3) is 4.39. The molecule has 0 saturated carbocycles. The van der Waals surface area contributed by atoms with E-state index in [1.165, 1.54) is 12.1 Å². The molecule has 0 fully saturated rings. The molecule has 2 heterocycles. The number of aromatic amines is 1. The summed E-state index contributed by atoms with van der Waals surface area (Å²) >= 11 is 5.75. The Morgan fingerprint density at radius 2 is 1.90 bits per heavy atom. The average Bonchev–Trinajstić information content (AvgIpc) is 3.26. The van der Waals surface area contributed by atoms with Crippen LogP contribution >= 0.6 is 11.6 Å². The highest BCUT2D eigenvalue weighted by atomic mass is 35.5. The molecule has 0 atom stereocenters. The highest BCUT2D eigenvalue weighted by molar-refractivity contribution is 6.30. The van der Waals surface area contributed by atoms with Gasteiger partial charge in [0.2, 0.25) is 0 Å². The summed E-state index contributed by atoms with van der Waals surface area (Å²) in [6, 6.07) is 19.3. The number of carbonyl (C=O) groups excluding carboxylic acids is 1. The van der Waals surface area contributed by atoms with Crippen molar-refractivity contribution in [2.75, 3.05) is 6.54 Å². The summed E-state index contributed by atoms with van der Waals surface area (Å²) in [4.78, 5) is 17.0. The van der Waals surface area contributed by atoms with Gasteiger partial charge in [-0.05, 0) is 36.4 Å². The van der Waals surface area contributed by atoms with Crippen molar-refractivity contribution < 1.29 is 9.18 Å². The van der Waals surface area contributed by atoms with E-state index >= 15 is 0 Å². The van der Waals surface area contributed by atoms with E-state index in [0.717, 1.165) is 5.69 Å². The lowest BCUT2D eigenvalue weighted by atomic mass is 10.0. The summed E-state index contributed by atoms with van der Waals surface area (Å²) in [6.07, 6.45) is 2.37. The lowest BCUT2D eigenvalue weighted by Crippen LogP contribution is -2.26. The Morgan fingerprint density at radius 1 is 1.07 bits per heavy atom. The summed E-state index contributed by atoms with van der Waals surface area (Å²) in [7, 11) is 0. The molecule has 30 heavy (non-hydrogen) atoms. The van der Waals surface area contributed by atoms with E-state index in [0.29, 0.717) is 41.0 Å². The molecule has 0 aliphatic carbocycles. The van der Waals surface area contributed by atoms with Crippen molar-refractivity contribution in [2.24, 2.45) is 0 Å². The maximum absolute atomic E-state index is 13.8. The van der Waals surface area contributed by atoms with E-state index in [4.69, 9.17) is 11.6 Å². The predicted octanol–water partition coefficient (Wildman–Crippen LogP) is 4.90. The molecule has 2 N–H and O–H groups in total. The smallest absolute Gasteiger partial charge is 0.251 e. The van der Waals surface area contributed by atoms with Gasteiger partial charge in [-0.2, -0.15) is 5.10 Å². The summed E-state index contributed by atoms with van der Waals surface area (Å²) in [5, 5.41) is 10.2. The first kappa shape index (κ1) is 19.8. The molecule has 7 heteroatoms. The molecule has 0 aliphatic rings. The van der Waals surface area contributed by atoms with Crippen molar-refractivity contribution in [3.05, 3.63) is 95.0 Å². The van der Waals surface area contributed by atoms with Gasteiger partial charge >= 0.3 is 0 Å². The number of aromatic nitrogens is 3. The molecular weight excluding hydrogens is 403 g/mol. The lowest BCUT2D eigenvalue weighted by Gasteiger charge is -2.09. The van der Waals surface area contributed by atoms with Crippen LogP contribution in [-0.4, -0.2) is 27.6 Å². The van der Waals surface area contributed by atoms with Gasteiger partial charge in [-0.1, -0.05) is 41.9 Å². The minimum Gasteiger partial charge on any atom is -0.352 e. The third-order valence-corrected chi connectivity index (χ3v) is 4.95.